The van der Waals surface area contributed by atoms with E-state index in [0.29, 0.717) is 23.8 Å². The Hall–Kier alpha value is -3.48. The highest BCUT2D eigenvalue weighted by molar-refractivity contribution is 6.30. The van der Waals surface area contributed by atoms with Crippen molar-refractivity contribution in [3.05, 3.63) is 101 Å². The predicted molar refractivity (Wildman–Crippen MR) is 129 cm³/mol. The Morgan fingerprint density at radius 3 is 2.27 bits per heavy atom. The van der Waals surface area contributed by atoms with E-state index in [1.54, 1.807) is 4.68 Å². The molecule has 2 aromatic carbocycles. The summed E-state index contributed by atoms with van der Waals surface area (Å²) in [5.41, 5.74) is 4.33. The lowest BCUT2D eigenvalue weighted by Gasteiger charge is -2.34. The number of nitrogens with zero attached hydrogens (tertiary/aromatic N) is 5. The zero-order chi connectivity index (χ0) is 22.6. The number of hydrogen-bond donors (Lipinski definition) is 0. The van der Waals surface area contributed by atoms with E-state index in [1.807, 2.05) is 90.1 Å². The summed E-state index contributed by atoms with van der Waals surface area (Å²) in [5.74, 6) is -0.00451. The quantitative estimate of drug-likeness (QED) is 0.441. The summed E-state index contributed by atoms with van der Waals surface area (Å²) in [4.78, 5) is 21.9. The molecule has 0 saturated carbocycles. The molecule has 0 spiro atoms. The highest BCUT2D eigenvalue weighted by atomic mass is 35.5. The van der Waals surface area contributed by atoms with E-state index in [1.165, 1.54) is 5.56 Å². The lowest BCUT2D eigenvalue weighted by atomic mass is 10.1. The third-order valence-electron chi connectivity index (χ3n) is 5.88. The van der Waals surface area contributed by atoms with Crippen LogP contribution in [0.5, 0.6) is 0 Å². The van der Waals surface area contributed by atoms with Crippen LogP contribution in [0.4, 0.5) is 0 Å². The number of halogens is 1. The zero-order valence-corrected chi connectivity index (χ0v) is 18.9. The van der Waals surface area contributed by atoms with Gasteiger partial charge in [0.2, 0.25) is 0 Å². The number of rotatable bonds is 5. The first-order valence-electron chi connectivity index (χ1n) is 11.0. The van der Waals surface area contributed by atoms with Gasteiger partial charge in [0.1, 0.15) is 5.69 Å². The number of para-hydroxylation sites is 1. The summed E-state index contributed by atoms with van der Waals surface area (Å²) in [5, 5.41) is 5.45. The maximum absolute atomic E-state index is 13.6. The molecule has 1 aliphatic heterocycles. The van der Waals surface area contributed by atoms with E-state index in [4.69, 9.17) is 16.7 Å². The van der Waals surface area contributed by atoms with Crippen LogP contribution in [-0.4, -0.2) is 56.7 Å². The van der Waals surface area contributed by atoms with Crippen LogP contribution in [0.1, 0.15) is 16.1 Å². The predicted octanol–water partition coefficient (Wildman–Crippen LogP) is 4.55. The Kier molecular flexibility index (Phi) is 6.19. The van der Waals surface area contributed by atoms with Crippen LogP contribution in [-0.2, 0) is 6.54 Å². The molecule has 1 fully saturated rings. The molecule has 1 aliphatic rings. The molecule has 0 radical (unpaired) electrons. The Bertz CT molecular complexity index is 1220. The lowest BCUT2D eigenvalue weighted by Crippen LogP contribution is -2.48. The number of benzene rings is 2. The fourth-order valence-electron chi connectivity index (χ4n) is 4.08. The first-order valence-corrected chi connectivity index (χ1v) is 11.4. The average molecular weight is 458 g/mol. The van der Waals surface area contributed by atoms with Crippen molar-refractivity contribution in [3.8, 4) is 16.9 Å². The average Bonchev–Trinajstić information content (AvgIpc) is 3.31. The molecule has 0 bridgehead atoms. The van der Waals surface area contributed by atoms with Gasteiger partial charge in [-0.15, -0.1) is 0 Å². The molecule has 33 heavy (non-hydrogen) atoms. The summed E-state index contributed by atoms with van der Waals surface area (Å²) in [6, 6.07) is 23.2. The van der Waals surface area contributed by atoms with E-state index in [2.05, 4.69) is 9.88 Å². The van der Waals surface area contributed by atoms with Crippen LogP contribution in [0.15, 0.2) is 85.2 Å². The van der Waals surface area contributed by atoms with Crippen molar-refractivity contribution in [2.75, 3.05) is 26.2 Å². The summed E-state index contributed by atoms with van der Waals surface area (Å²) >= 11 is 6.05. The standard InChI is InChI=1S/C26H24ClN5O/c27-22-8-6-21(7-9-22)24-18-25(32(29-24)23-4-2-1-3-5-23)26(33)31-16-14-30(15-17-31)19-20-10-12-28-13-11-20/h1-13,18H,14-17,19H2. The molecule has 6 nitrogen and oxygen atoms in total. The topological polar surface area (TPSA) is 54.3 Å². The number of pyridine rings is 1. The minimum atomic E-state index is -0.00451. The molecule has 0 unspecified atom stereocenters. The largest absolute Gasteiger partial charge is 0.335 e. The minimum absolute atomic E-state index is 0.00451. The maximum Gasteiger partial charge on any atom is 0.272 e. The fourth-order valence-corrected chi connectivity index (χ4v) is 4.20. The molecule has 7 heteroatoms. The second-order valence-electron chi connectivity index (χ2n) is 8.09. The monoisotopic (exact) mass is 457 g/mol. The van der Waals surface area contributed by atoms with Crippen molar-refractivity contribution in [2.45, 2.75) is 6.54 Å². The number of carbonyl (C=O) groups is 1. The van der Waals surface area contributed by atoms with Gasteiger partial charge in [-0.2, -0.15) is 5.10 Å². The van der Waals surface area contributed by atoms with Crippen LogP contribution in [0.25, 0.3) is 16.9 Å². The molecule has 0 aliphatic carbocycles. The third-order valence-corrected chi connectivity index (χ3v) is 6.14. The van der Waals surface area contributed by atoms with Gasteiger partial charge >= 0.3 is 0 Å². The number of aromatic nitrogens is 3. The summed E-state index contributed by atoms with van der Waals surface area (Å²) in [6.07, 6.45) is 3.64. The van der Waals surface area contributed by atoms with Gasteiger partial charge in [-0.3, -0.25) is 14.7 Å². The summed E-state index contributed by atoms with van der Waals surface area (Å²) < 4.78 is 1.75. The van der Waals surface area contributed by atoms with Crippen molar-refractivity contribution >= 4 is 17.5 Å². The molecule has 5 rings (SSSR count). The van der Waals surface area contributed by atoms with E-state index < -0.39 is 0 Å². The molecule has 2 aromatic heterocycles. The Balaban J connectivity index is 1.37. The molecule has 1 saturated heterocycles. The van der Waals surface area contributed by atoms with E-state index in [0.717, 1.165) is 36.6 Å². The number of carbonyl (C=O) groups excluding carboxylic acids is 1. The molecule has 1 amide bonds. The van der Waals surface area contributed by atoms with Crippen LogP contribution >= 0.6 is 11.6 Å². The fraction of sp³-hybridized carbons (Fsp3) is 0.192. The van der Waals surface area contributed by atoms with Crippen molar-refractivity contribution in [3.63, 3.8) is 0 Å². The molecule has 3 heterocycles. The lowest BCUT2D eigenvalue weighted by molar-refractivity contribution is 0.0619. The molecular weight excluding hydrogens is 434 g/mol. The first kappa shape index (κ1) is 21.4. The van der Waals surface area contributed by atoms with Gasteiger partial charge in [-0.1, -0.05) is 41.9 Å². The second kappa shape index (κ2) is 9.57. The zero-order valence-electron chi connectivity index (χ0n) is 18.1. The van der Waals surface area contributed by atoms with Crippen molar-refractivity contribution in [1.82, 2.24) is 24.6 Å². The van der Waals surface area contributed by atoms with Crippen molar-refractivity contribution < 1.29 is 4.79 Å². The first-order chi connectivity index (χ1) is 16.2. The molecular formula is C26H24ClN5O. The Morgan fingerprint density at radius 2 is 1.58 bits per heavy atom. The summed E-state index contributed by atoms with van der Waals surface area (Å²) in [6.45, 7) is 3.89. The molecule has 0 N–H and O–H groups in total. The Morgan fingerprint density at radius 1 is 0.879 bits per heavy atom. The molecule has 166 valence electrons. The van der Waals surface area contributed by atoms with Crippen LogP contribution < -0.4 is 0 Å². The molecule has 4 aromatic rings. The van der Waals surface area contributed by atoms with E-state index >= 15 is 0 Å². The van der Waals surface area contributed by atoms with Gasteiger partial charge < -0.3 is 4.90 Å². The highest BCUT2D eigenvalue weighted by Crippen LogP contribution is 2.24. The van der Waals surface area contributed by atoms with Gasteiger partial charge in [0.05, 0.1) is 11.4 Å². The third kappa shape index (κ3) is 4.82. The van der Waals surface area contributed by atoms with Crippen molar-refractivity contribution in [1.29, 1.82) is 0 Å². The Labute approximate surface area is 198 Å². The van der Waals surface area contributed by atoms with Crippen LogP contribution in [0.2, 0.25) is 5.02 Å². The number of hydrogen-bond acceptors (Lipinski definition) is 4. The van der Waals surface area contributed by atoms with E-state index in [-0.39, 0.29) is 5.91 Å². The van der Waals surface area contributed by atoms with Gasteiger partial charge in [0.15, 0.2) is 0 Å². The van der Waals surface area contributed by atoms with Gasteiger partial charge in [-0.25, -0.2) is 4.68 Å². The van der Waals surface area contributed by atoms with E-state index in [9.17, 15) is 4.79 Å². The van der Waals surface area contributed by atoms with Gasteiger partial charge in [0, 0.05) is 55.7 Å². The van der Waals surface area contributed by atoms with Crippen molar-refractivity contribution in [2.24, 2.45) is 0 Å². The van der Waals surface area contributed by atoms with Gasteiger partial charge in [0.25, 0.3) is 5.91 Å². The summed E-state index contributed by atoms with van der Waals surface area (Å²) in [7, 11) is 0. The SMILES string of the molecule is O=C(c1cc(-c2ccc(Cl)cc2)nn1-c1ccccc1)N1CCN(Cc2ccncc2)CC1. The highest BCUT2D eigenvalue weighted by Gasteiger charge is 2.26. The minimum Gasteiger partial charge on any atom is -0.335 e. The van der Waals surface area contributed by atoms with Crippen LogP contribution in [0, 0.1) is 0 Å². The maximum atomic E-state index is 13.6. The smallest absolute Gasteiger partial charge is 0.272 e. The number of piperazine rings is 1. The molecule has 0 atom stereocenters. The number of amides is 1. The van der Waals surface area contributed by atoms with Gasteiger partial charge in [-0.05, 0) is 48.0 Å². The normalized spacial score (nSPS) is 14.4. The van der Waals surface area contributed by atoms with Crippen LogP contribution in [0.3, 0.4) is 0 Å². The second-order valence-corrected chi connectivity index (χ2v) is 8.53.